The van der Waals surface area contributed by atoms with Gasteiger partial charge in [0.25, 0.3) is 5.56 Å². The summed E-state index contributed by atoms with van der Waals surface area (Å²) in [5.74, 6) is -1.05. The number of nitrogens with zero attached hydrogens (tertiary/aromatic N) is 4. The van der Waals surface area contributed by atoms with Crippen molar-refractivity contribution in [3.63, 3.8) is 0 Å². The monoisotopic (exact) mass is 356 g/mol. The molecule has 2 atom stereocenters. The first-order chi connectivity index (χ1) is 12.4. The van der Waals surface area contributed by atoms with Gasteiger partial charge in [-0.1, -0.05) is 6.07 Å². The van der Waals surface area contributed by atoms with E-state index in [0.29, 0.717) is 37.5 Å². The first-order valence-corrected chi connectivity index (χ1v) is 8.58. The van der Waals surface area contributed by atoms with Crippen LogP contribution in [0.15, 0.2) is 35.3 Å². The van der Waals surface area contributed by atoms with Crippen molar-refractivity contribution < 1.29 is 14.7 Å². The highest BCUT2D eigenvalue weighted by Crippen LogP contribution is 2.43. The third-order valence-electron chi connectivity index (χ3n) is 5.56. The molecule has 0 aromatic carbocycles. The number of rotatable bonds is 3. The average Bonchev–Trinajstić information content (AvgIpc) is 3.10. The molecule has 136 valence electrons. The SMILES string of the molecule is CC(=O)N1C[C@H]2CN(Cc3cc(=O)n4ccccc4n3)C[C@@]2(C(=O)O)C1. The van der Waals surface area contributed by atoms with Crippen molar-refractivity contribution in [3.8, 4) is 0 Å². The van der Waals surface area contributed by atoms with Gasteiger partial charge in [0.2, 0.25) is 5.91 Å². The first-order valence-electron chi connectivity index (χ1n) is 8.58. The Labute approximate surface area is 149 Å². The quantitative estimate of drug-likeness (QED) is 0.836. The summed E-state index contributed by atoms with van der Waals surface area (Å²) in [7, 11) is 0. The molecule has 1 amide bonds. The van der Waals surface area contributed by atoms with Gasteiger partial charge in [-0.2, -0.15) is 0 Å². The van der Waals surface area contributed by atoms with Crippen molar-refractivity contribution in [3.05, 3.63) is 46.5 Å². The summed E-state index contributed by atoms with van der Waals surface area (Å²) < 4.78 is 1.48. The van der Waals surface area contributed by atoms with Crippen LogP contribution in [0, 0.1) is 11.3 Å². The summed E-state index contributed by atoms with van der Waals surface area (Å²) in [5.41, 5.74) is 0.119. The van der Waals surface area contributed by atoms with E-state index in [1.807, 2.05) is 11.0 Å². The Hall–Kier alpha value is -2.74. The van der Waals surface area contributed by atoms with E-state index in [4.69, 9.17) is 0 Å². The predicted octanol–water partition coefficient (Wildman–Crippen LogP) is 0.0594. The summed E-state index contributed by atoms with van der Waals surface area (Å²) in [5, 5.41) is 9.81. The van der Waals surface area contributed by atoms with Crippen LogP contribution in [0.25, 0.3) is 5.65 Å². The first kappa shape index (κ1) is 16.7. The number of likely N-dealkylation sites (tertiary alicyclic amines) is 2. The lowest BCUT2D eigenvalue weighted by atomic mass is 9.81. The van der Waals surface area contributed by atoms with Crippen LogP contribution >= 0.6 is 0 Å². The highest BCUT2D eigenvalue weighted by atomic mass is 16.4. The number of carboxylic acids is 1. The Morgan fingerprint density at radius 1 is 1.31 bits per heavy atom. The summed E-state index contributed by atoms with van der Waals surface area (Å²) in [6, 6.07) is 6.86. The number of aliphatic carboxylic acids is 1. The molecule has 0 saturated carbocycles. The lowest BCUT2D eigenvalue weighted by Crippen LogP contribution is -2.41. The maximum atomic E-state index is 12.2. The number of fused-ring (bicyclic) bond motifs is 2. The van der Waals surface area contributed by atoms with E-state index in [0.717, 1.165) is 0 Å². The maximum Gasteiger partial charge on any atom is 0.313 e. The second-order valence-electron chi connectivity index (χ2n) is 7.24. The predicted molar refractivity (Wildman–Crippen MR) is 92.6 cm³/mol. The van der Waals surface area contributed by atoms with Gasteiger partial charge in [-0.3, -0.25) is 23.7 Å². The van der Waals surface area contributed by atoms with Gasteiger partial charge in [0.05, 0.1) is 5.69 Å². The summed E-state index contributed by atoms with van der Waals surface area (Å²) in [6.07, 6.45) is 1.67. The minimum Gasteiger partial charge on any atom is -0.481 e. The lowest BCUT2D eigenvalue weighted by molar-refractivity contribution is -0.149. The van der Waals surface area contributed by atoms with E-state index in [2.05, 4.69) is 4.98 Å². The molecule has 0 aliphatic carbocycles. The fourth-order valence-electron chi connectivity index (χ4n) is 4.25. The van der Waals surface area contributed by atoms with Gasteiger partial charge in [-0.25, -0.2) is 4.98 Å². The molecule has 2 aromatic heterocycles. The second kappa shape index (κ2) is 5.91. The number of carbonyl (C=O) groups is 2. The molecule has 2 aliphatic heterocycles. The van der Waals surface area contributed by atoms with Crippen molar-refractivity contribution in [1.82, 2.24) is 19.2 Å². The van der Waals surface area contributed by atoms with E-state index < -0.39 is 11.4 Å². The molecule has 1 N–H and O–H groups in total. The van der Waals surface area contributed by atoms with E-state index in [9.17, 15) is 19.5 Å². The van der Waals surface area contributed by atoms with E-state index in [-0.39, 0.29) is 23.9 Å². The summed E-state index contributed by atoms with van der Waals surface area (Å²) >= 11 is 0. The van der Waals surface area contributed by atoms with Crippen molar-refractivity contribution >= 4 is 17.5 Å². The van der Waals surface area contributed by atoms with Crippen LogP contribution in [0.1, 0.15) is 12.6 Å². The molecular formula is C18H20N4O4. The van der Waals surface area contributed by atoms with E-state index in [1.165, 1.54) is 17.4 Å². The van der Waals surface area contributed by atoms with Crippen molar-refractivity contribution in [2.24, 2.45) is 11.3 Å². The minimum absolute atomic E-state index is 0.0872. The van der Waals surface area contributed by atoms with Crippen LogP contribution in [0.5, 0.6) is 0 Å². The van der Waals surface area contributed by atoms with Gasteiger partial charge in [0.15, 0.2) is 0 Å². The zero-order chi connectivity index (χ0) is 18.5. The smallest absolute Gasteiger partial charge is 0.313 e. The molecule has 0 bridgehead atoms. The zero-order valence-corrected chi connectivity index (χ0v) is 14.5. The standard InChI is InChI=1S/C18H20N4O4/c1-12(23)21-8-13-7-20(10-18(13,11-21)17(25)26)9-14-6-16(24)22-5-3-2-4-15(22)19-14/h2-6,13H,7-11H2,1H3,(H,25,26)/t13-,18-/m1/s1. The molecule has 4 rings (SSSR count). The molecule has 8 heteroatoms. The third-order valence-corrected chi connectivity index (χ3v) is 5.56. The molecule has 8 nitrogen and oxygen atoms in total. The summed E-state index contributed by atoms with van der Waals surface area (Å²) in [4.78, 5) is 44.0. The highest BCUT2D eigenvalue weighted by molar-refractivity contribution is 5.80. The molecule has 2 fully saturated rings. The lowest BCUT2D eigenvalue weighted by Gasteiger charge is -2.24. The van der Waals surface area contributed by atoms with Crippen LogP contribution < -0.4 is 5.56 Å². The fourth-order valence-corrected chi connectivity index (χ4v) is 4.25. The zero-order valence-electron chi connectivity index (χ0n) is 14.5. The van der Waals surface area contributed by atoms with Crippen molar-refractivity contribution in [2.75, 3.05) is 26.2 Å². The Morgan fingerprint density at radius 3 is 2.81 bits per heavy atom. The third kappa shape index (κ3) is 2.57. The van der Waals surface area contributed by atoms with E-state index >= 15 is 0 Å². The van der Waals surface area contributed by atoms with Gasteiger partial charge < -0.3 is 10.0 Å². The number of aromatic nitrogens is 2. The summed E-state index contributed by atoms with van der Waals surface area (Å²) in [6.45, 7) is 3.53. The molecule has 0 radical (unpaired) electrons. The number of carboxylic acid groups (broad SMARTS) is 1. The number of hydrogen-bond donors (Lipinski definition) is 1. The molecule has 2 saturated heterocycles. The molecule has 26 heavy (non-hydrogen) atoms. The number of carbonyl (C=O) groups excluding carboxylic acids is 1. The molecular weight excluding hydrogens is 336 g/mol. The van der Waals surface area contributed by atoms with Gasteiger partial charge >= 0.3 is 5.97 Å². The van der Waals surface area contributed by atoms with Gasteiger partial charge in [-0.05, 0) is 12.1 Å². The van der Waals surface area contributed by atoms with Gasteiger partial charge in [-0.15, -0.1) is 0 Å². The van der Waals surface area contributed by atoms with Crippen LogP contribution in [0.4, 0.5) is 0 Å². The molecule has 0 unspecified atom stereocenters. The van der Waals surface area contributed by atoms with Crippen LogP contribution in [0.3, 0.4) is 0 Å². The number of hydrogen-bond acceptors (Lipinski definition) is 5. The van der Waals surface area contributed by atoms with Crippen LogP contribution in [-0.2, 0) is 16.1 Å². The fraction of sp³-hybridized carbons (Fsp3) is 0.444. The molecule has 2 aromatic rings. The number of pyridine rings is 1. The second-order valence-corrected chi connectivity index (χ2v) is 7.24. The normalized spacial score (nSPS) is 25.6. The van der Waals surface area contributed by atoms with Crippen molar-refractivity contribution in [1.29, 1.82) is 0 Å². The Bertz CT molecular complexity index is 956. The Balaban J connectivity index is 1.57. The Morgan fingerprint density at radius 2 is 2.12 bits per heavy atom. The average molecular weight is 356 g/mol. The number of amides is 1. The highest BCUT2D eigenvalue weighted by Gasteiger charge is 2.58. The molecule has 2 aliphatic rings. The topological polar surface area (TPSA) is 95.2 Å². The van der Waals surface area contributed by atoms with Crippen LogP contribution in [0.2, 0.25) is 0 Å². The van der Waals surface area contributed by atoms with Gasteiger partial charge in [0.1, 0.15) is 11.1 Å². The largest absolute Gasteiger partial charge is 0.481 e. The van der Waals surface area contributed by atoms with E-state index in [1.54, 1.807) is 23.2 Å². The maximum absolute atomic E-state index is 12.2. The Kier molecular flexibility index (Phi) is 3.80. The molecule has 0 spiro atoms. The van der Waals surface area contributed by atoms with Crippen molar-refractivity contribution in [2.45, 2.75) is 13.5 Å². The van der Waals surface area contributed by atoms with Crippen LogP contribution in [-0.4, -0.2) is 62.3 Å². The molecule has 4 heterocycles. The van der Waals surface area contributed by atoms with Gasteiger partial charge in [0, 0.05) is 57.8 Å². The minimum atomic E-state index is -0.933.